The summed E-state index contributed by atoms with van der Waals surface area (Å²) in [4.78, 5) is 16.2. The van der Waals surface area contributed by atoms with E-state index in [0.29, 0.717) is 12.4 Å². The molecule has 108 valence electrons. The van der Waals surface area contributed by atoms with Crippen LogP contribution in [0.2, 0.25) is 0 Å². The van der Waals surface area contributed by atoms with Crippen molar-refractivity contribution < 1.29 is 5.11 Å². The number of nitrogens with two attached hydrogens (primary N) is 1. The Bertz CT molecular complexity index is 542. The van der Waals surface area contributed by atoms with Gasteiger partial charge >= 0.3 is 0 Å². The molecule has 0 aliphatic carbocycles. The fourth-order valence-corrected chi connectivity index (χ4v) is 1.70. The molecular formula is C10H17N9O. The molecule has 2 aromatic rings. The molecule has 0 saturated carbocycles. The van der Waals surface area contributed by atoms with Gasteiger partial charge in [0.2, 0.25) is 11.9 Å². The lowest BCUT2D eigenvalue weighted by molar-refractivity contribution is 0.179. The maximum Gasteiger partial charge on any atom is 0.258 e. The number of aliphatic hydroxyl groups excluding tert-OH is 1. The van der Waals surface area contributed by atoms with E-state index in [4.69, 9.17) is 5.84 Å². The standard InChI is InChI=1S/C10H17N9O/c1-6(3-7(2)20)14-8-15-9(18-11)17-10(16-8)19-5-12-4-13-19/h4-7,20H,3,11H2,1-2H3,(H2,14,15,16,17,18). The van der Waals surface area contributed by atoms with Crippen molar-refractivity contribution in [2.45, 2.75) is 32.4 Å². The average Bonchev–Trinajstić information content (AvgIpc) is 2.91. The maximum absolute atomic E-state index is 9.36. The van der Waals surface area contributed by atoms with Gasteiger partial charge in [-0.05, 0) is 20.3 Å². The first kappa shape index (κ1) is 14.1. The number of hydrogen-bond acceptors (Lipinski definition) is 9. The lowest BCUT2D eigenvalue weighted by Crippen LogP contribution is -2.23. The molecule has 0 spiro atoms. The van der Waals surface area contributed by atoms with E-state index in [0.717, 1.165) is 0 Å². The SMILES string of the molecule is CC(O)CC(C)Nc1nc(NN)nc(-n2cncn2)n1. The normalized spacial score (nSPS) is 13.8. The zero-order valence-electron chi connectivity index (χ0n) is 11.2. The minimum absolute atomic E-state index is 0.00776. The fraction of sp³-hybridized carbons (Fsp3) is 0.500. The van der Waals surface area contributed by atoms with Gasteiger partial charge in [-0.25, -0.2) is 10.8 Å². The van der Waals surface area contributed by atoms with Gasteiger partial charge in [-0.15, -0.1) is 0 Å². The molecule has 0 aromatic carbocycles. The van der Waals surface area contributed by atoms with E-state index < -0.39 is 6.10 Å². The van der Waals surface area contributed by atoms with Crippen LogP contribution in [0.4, 0.5) is 11.9 Å². The number of nitrogens with zero attached hydrogens (tertiary/aromatic N) is 6. The summed E-state index contributed by atoms with van der Waals surface area (Å²) in [6, 6.07) is -0.00776. The first-order valence-electron chi connectivity index (χ1n) is 6.10. The zero-order chi connectivity index (χ0) is 14.5. The minimum Gasteiger partial charge on any atom is -0.393 e. The van der Waals surface area contributed by atoms with Crippen molar-refractivity contribution in [1.29, 1.82) is 0 Å². The summed E-state index contributed by atoms with van der Waals surface area (Å²) >= 11 is 0. The van der Waals surface area contributed by atoms with E-state index in [1.165, 1.54) is 17.3 Å². The molecule has 0 radical (unpaired) electrons. The van der Waals surface area contributed by atoms with Crippen LogP contribution in [0.5, 0.6) is 0 Å². The Kier molecular flexibility index (Phi) is 4.38. The molecule has 2 aromatic heterocycles. The van der Waals surface area contributed by atoms with Gasteiger partial charge in [0.25, 0.3) is 5.95 Å². The van der Waals surface area contributed by atoms with E-state index in [2.05, 4.69) is 35.8 Å². The Labute approximate surface area is 115 Å². The summed E-state index contributed by atoms with van der Waals surface area (Å²) in [5.41, 5.74) is 2.37. The molecule has 0 bridgehead atoms. The topological polar surface area (TPSA) is 140 Å². The smallest absolute Gasteiger partial charge is 0.258 e. The third kappa shape index (κ3) is 3.59. The number of rotatable bonds is 6. The van der Waals surface area contributed by atoms with Crippen molar-refractivity contribution in [3.63, 3.8) is 0 Å². The van der Waals surface area contributed by atoms with Crippen molar-refractivity contribution >= 4 is 11.9 Å². The second kappa shape index (κ2) is 6.21. The largest absolute Gasteiger partial charge is 0.393 e. The third-order valence-electron chi connectivity index (χ3n) is 2.45. The highest BCUT2D eigenvalue weighted by molar-refractivity contribution is 5.37. The summed E-state index contributed by atoms with van der Waals surface area (Å²) in [6.45, 7) is 3.64. The molecule has 2 rings (SSSR count). The van der Waals surface area contributed by atoms with Crippen molar-refractivity contribution in [3.05, 3.63) is 12.7 Å². The van der Waals surface area contributed by atoms with Crippen LogP contribution >= 0.6 is 0 Å². The molecule has 10 nitrogen and oxygen atoms in total. The van der Waals surface area contributed by atoms with Gasteiger partial charge in [0.1, 0.15) is 12.7 Å². The molecule has 10 heteroatoms. The monoisotopic (exact) mass is 279 g/mol. The van der Waals surface area contributed by atoms with Gasteiger partial charge in [0.15, 0.2) is 0 Å². The van der Waals surface area contributed by atoms with Crippen LogP contribution in [0.3, 0.4) is 0 Å². The van der Waals surface area contributed by atoms with Crippen molar-refractivity contribution in [2.24, 2.45) is 5.84 Å². The highest BCUT2D eigenvalue weighted by Gasteiger charge is 2.11. The highest BCUT2D eigenvalue weighted by atomic mass is 16.3. The molecule has 0 amide bonds. The van der Waals surface area contributed by atoms with Gasteiger partial charge in [-0.3, -0.25) is 5.43 Å². The van der Waals surface area contributed by atoms with Gasteiger partial charge < -0.3 is 10.4 Å². The summed E-state index contributed by atoms with van der Waals surface area (Å²) in [5.74, 6) is 6.17. The minimum atomic E-state index is -0.416. The molecule has 0 aliphatic heterocycles. The second-order valence-electron chi connectivity index (χ2n) is 4.40. The predicted octanol–water partition coefficient (Wildman–Crippen LogP) is -0.691. The molecule has 2 atom stereocenters. The number of aliphatic hydroxyl groups is 1. The molecule has 0 fully saturated rings. The van der Waals surface area contributed by atoms with Crippen LogP contribution in [-0.4, -0.2) is 47.0 Å². The zero-order valence-corrected chi connectivity index (χ0v) is 11.2. The molecule has 2 heterocycles. The molecule has 0 aliphatic rings. The lowest BCUT2D eigenvalue weighted by Gasteiger charge is -2.15. The Morgan fingerprint density at radius 2 is 2.05 bits per heavy atom. The number of nitrogen functional groups attached to an aromatic ring is 1. The third-order valence-corrected chi connectivity index (χ3v) is 2.45. The van der Waals surface area contributed by atoms with Gasteiger partial charge in [0.05, 0.1) is 6.10 Å². The van der Waals surface area contributed by atoms with E-state index in [-0.39, 0.29) is 17.9 Å². The highest BCUT2D eigenvalue weighted by Crippen LogP contribution is 2.10. The first-order valence-corrected chi connectivity index (χ1v) is 6.10. The second-order valence-corrected chi connectivity index (χ2v) is 4.40. The quantitative estimate of drug-likeness (QED) is 0.399. The van der Waals surface area contributed by atoms with Crippen LogP contribution in [0.15, 0.2) is 12.7 Å². The Morgan fingerprint density at radius 1 is 1.30 bits per heavy atom. The van der Waals surface area contributed by atoms with E-state index >= 15 is 0 Å². The van der Waals surface area contributed by atoms with Crippen LogP contribution in [-0.2, 0) is 0 Å². The van der Waals surface area contributed by atoms with E-state index in [1.54, 1.807) is 6.92 Å². The van der Waals surface area contributed by atoms with Crippen LogP contribution in [0.1, 0.15) is 20.3 Å². The summed E-state index contributed by atoms with van der Waals surface area (Å²) < 4.78 is 1.40. The van der Waals surface area contributed by atoms with Crippen molar-refractivity contribution in [1.82, 2.24) is 29.7 Å². The van der Waals surface area contributed by atoms with Gasteiger partial charge in [-0.1, -0.05) is 0 Å². The van der Waals surface area contributed by atoms with E-state index in [9.17, 15) is 5.11 Å². The number of hydrogen-bond donors (Lipinski definition) is 4. The number of hydrazine groups is 1. The number of anilines is 2. The molecule has 5 N–H and O–H groups in total. The lowest BCUT2D eigenvalue weighted by atomic mass is 10.2. The van der Waals surface area contributed by atoms with Crippen LogP contribution in [0.25, 0.3) is 5.95 Å². The maximum atomic E-state index is 9.36. The number of nitrogens with one attached hydrogen (secondary N) is 2. The Balaban J connectivity index is 2.22. The first-order chi connectivity index (χ1) is 9.58. The Morgan fingerprint density at radius 3 is 2.65 bits per heavy atom. The fourth-order valence-electron chi connectivity index (χ4n) is 1.70. The average molecular weight is 279 g/mol. The predicted molar refractivity (Wildman–Crippen MR) is 71.9 cm³/mol. The Hall–Kier alpha value is -2.33. The van der Waals surface area contributed by atoms with Crippen molar-refractivity contribution in [2.75, 3.05) is 10.7 Å². The van der Waals surface area contributed by atoms with Crippen LogP contribution in [0, 0.1) is 0 Å². The van der Waals surface area contributed by atoms with E-state index in [1.807, 2.05) is 6.92 Å². The van der Waals surface area contributed by atoms with Gasteiger partial charge in [-0.2, -0.15) is 24.7 Å². The molecule has 20 heavy (non-hydrogen) atoms. The number of aromatic nitrogens is 6. The van der Waals surface area contributed by atoms with Crippen LogP contribution < -0.4 is 16.6 Å². The molecule has 0 saturated heterocycles. The van der Waals surface area contributed by atoms with Gasteiger partial charge in [0, 0.05) is 6.04 Å². The molecular weight excluding hydrogens is 262 g/mol. The van der Waals surface area contributed by atoms with Crippen molar-refractivity contribution in [3.8, 4) is 5.95 Å². The summed E-state index contributed by atoms with van der Waals surface area (Å²) in [6.07, 6.45) is 3.00. The summed E-state index contributed by atoms with van der Waals surface area (Å²) in [7, 11) is 0. The summed E-state index contributed by atoms with van der Waals surface area (Å²) in [5, 5.41) is 16.4. The molecule has 2 unspecified atom stereocenters.